The van der Waals surface area contributed by atoms with Gasteiger partial charge in [0.2, 0.25) is 0 Å². The largest absolute Gasteiger partial charge is 0.307 e. The number of nitrogens with zero attached hydrogens (tertiary/aromatic N) is 2. The van der Waals surface area contributed by atoms with Crippen LogP contribution in [0.3, 0.4) is 0 Å². The molecular formula is C11H16BrN3. The van der Waals surface area contributed by atoms with E-state index in [0.29, 0.717) is 6.04 Å². The van der Waals surface area contributed by atoms with Crippen molar-refractivity contribution in [1.29, 1.82) is 0 Å². The molecule has 0 radical (unpaired) electrons. The van der Waals surface area contributed by atoms with Crippen LogP contribution < -0.4 is 5.32 Å². The summed E-state index contributed by atoms with van der Waals surface area (Å²) in [6, 6.07) is 0.638. The molecule has 1 saturated carbocycles. The quantitative estimate of drug-likeness (QED) is 0.850. The summed E-state index contributed by atoms with van der Waals surface area (Å²) in [7, 11) is 0. The van der Waals surface area contributed by atoms with Crippen LogP contribution >= 0.6 is 15.9 Å². The second-order valence-corrected chi connectivity index (χ2v) is 5.31. The summed E-state index contributed by atoms with van der Waals surface area (Å²) in [4.78, 5) is 0. The van der Waals surface area contributed by atoms with Gasteiger partial charge in [-0.05, 0) is 28.8 Å². The van der Waals surface area contributed by atoms with Gasteiger partial charge in [-0.1, -0.05) is 19.3 Å². The Morgan fingerprint density at radius 2 is 2.00 bits per heavy atom. The Labute approximate surface area is 98.4 Å². The summed E-state index contributed by atoms with van der Waals surface area (Å²) in [5.41, 5.74) is 2.62. The number of fused-ring (bicyclic) bond motifs is 1. The van der Waals surface area contributed by atoms with Gasteiger partial charge < -0.3 is 5.32 Å². The fourth-order valence-corrected chi connectivity index (χ4v) is 3.42. The molecule has 0 spiro atoms. The first-order chi connectivity index (χ1) is 7.36. The van der Waals surface area contributed by atoms with Crippen molar-refractivity contribution >= 4 is 15.9 Å². The van der Waals surface area contributed by atoms with E-state index in [1.807, 2.05) is 0 Å². The molecule has 3 nitrogen and oxygen atoms in total. The van der Waals surface area contributed by atoms with Crippen LogP contribution in [-0.2, 0) is 13.1 Å². The SMILES string of the molecule is Brc1c2c(nn1C1CCCCC1)CNC2. The molecule has 0 aromatic carbocycles. The minimum atomic E-state index is 0.638. The van der Waals surface area contributed by atoms with E-state index in [4.69, 9.17) is 5.10 Å². The van der Waals surface area contributed by atoms with Crippen LogP contribution in [0.4, 0.5) is 0 Å². The number of aromatic nitrogens is 2. The molecule has 1 aliphatic heterocycles. The topological polar surface area (TPSA) is 29.9 Å². The van der Waals surface area contributed by atoms with Crippen molar-refractivity contribution in [3.8, 4) is 0 Å². The molecule has 0 unspecified atom stereocenters. The maximum atomic E-state index is 4.72. The highest BCUT2D eigenvalue weighted by Gasteiger charge is 2.25. The Hall–Kier alpha value is -0.350. The van der Waals surface area contributed by atoms with Gasteiger partial charge in [0, 0.05) is 18.7 Å². The Morgan fingerprint density at radius 1 is 1.20 bits per heavy atom. The molecule has 0 amide bonds. The molecule has 1 fully saturated rings. The monoisotopic (exact) mass is 269 g/mol. The van der Waals surface area contributed by atoms with Gasteiger partial charge in [-0.2, -0.15) is 5.10 Å². The molecule has 1 N–H and O–H groups in total. The molecule has 4 heteroatoms. The minimum Gasteiger partial charge on any atom is -0.307 e. The standard InChI is InChI=1S/C11H16BrN3/c12-11-9-6-13-7-10(9)14-15(11)8-4-2-1-3-5-8/h8,13H,1-7H2. The highest BCUT2D eigenvalue weighted by Crippen LogP contribution is 2.33. The Kier molecular flexibility index (Phi) is 2.56. The van der Waals surface area contributed by atoms with Crippen molar-refractivity contribution in [3.63, 3.8) is 0 Å². The molecule has 2 aliphatic rings. The van der Waals surface area contributed by atoms with Crippen LogP contribution in [0, 0.1) is 0 Å². The molecule has 15 heavy (non-hydrogen) atoms. The molecule has 0 saturated heterocycles. The Balaban J connectivity index is 1.91. The fourth-order valence-electron chi connectivity index (χ4n) is 2.68. The van der Waals surface area contributed by atoms with Crippen LogP contribution in [0.15, 0.2) is 4.60 Å². The van der Waals surface area contributed by atoms with Crippen LogP contribution in [0.5, 0.6) is 0 Å². The van der Waals surface area contributed by atoms with Crippen molar-refractivity contribution in [2.75, 3.05) is 0 Å². The van der Waals surface area contributed by atoms with E-state index >= 15 is 0 Å². The molecule has 1 aromatic heterocycles. The second kappa shape index (κ2) is 3.91. The molecule has 3 rings (SSSR count). The zero-order chi connectivity index (χ0) is 10.3. The lowest BCUT2D eigenvalue weighted by Crippen LogP contribution is -2.16. The predicted molar refractivity (Wildman–Crippen MR) is 62.6 cm³/mol. The fraction of sp³-hybridized carbons (Fsp3) is 0.727. The minimum absolute atomic E-state index is 0.638. The molecule has 2 heterocycles. The van der Waals surface area contributed by atoms with Gasteiger partial charge in [0.25, 0.3) is 0 Å². The first-order valence-electron chi connectivity index (χ1n) is 5.83. The Morgan fingerprint density at radius 3 is 2.73 bits per heavy atom. The smallest absolute Gasteiger partial charge is 0.109 e. The van der Waals surface area contributed by atoms with Gasteiger partial charge in [0.1, 0.15) is 4.60 Å². The van der Waals surface area contributed by atoms with Gasteiger partial charge >= 0.3 is 0 Å². The first kappa shape index (κ1) is 9.85. The summed E-state index contributed by atoms with van der Waals surface area (Å²) in [5, 5.41) is 8.05. The third-order valence-electron chi connectivity index (χ3n) is 3.54. The molecule has 0 bridgehead atoms. The van der Waals surface area contributed by atoms with Gasteiger partial charge in [0.15, 0.2) is 0 Å². The van der Waals surface area contributed by atoms with E-state index in [2.05, 4.69) is 25.9 Å². The third-order valence-corrected chi connectivity index (χ3v) is 4.38. The first-order valence-corrected chi connectivity index (χ1v) is 6.62. The van der Waals surface area contributed by atoms with Crippen molar-refractivity contribution in [3.05, 3.63) is 15.9 Å². The zero-order valence-corrected chi connectivity index (χ0v) is 10.4. The maximum Gasteiger partial charge on any atom is 0.109 e. The highest BCUT2D eigenvalue weighted by molar-refractivity contribution is 9.10. The normalized spacial score (nSPS) is 21.9. The van der Waals surface area contributed by atoms with Crippen LogP contribution in [-0.4, -0.2) is 9.78 Å². The number of hydrogen-bond acceptors (Lipinski definition) is 2. The number of rotatable bonds is 1. The van der Waals surface area contributed by atoms with E-state index < -0.39 is 0 Å². The molecular weight excluding hydrogens is 254 g/mol. The van der Waals surface area contributed by atoms with E-state index in [1.54, 1.807) is 0 Å². The molecule has 0 atom stereocenters. The van der Waals surface area contributed by atoms with Crippen LogP contribution in [0.1, 0.15) is 49.4 Å². The van der Waals surface area contributed by atoms with Gasteiger partial charge in [-0.3, -0.25) is 4.68 Å². The van der Waals surface area contributed by atoms with E-state index in [-0.39, 0.29) is 0 Å². The van der Waals surface area contributed by atoms with Crippen molar-refractivity contribution < 1.29 is 0 Å². The van der Waals surface area contributed by atoms with Gasteiger partial charge in [-0.25, -0.2) is 0 Å². The molecule has 1 aliphatic carbocycles. The van der Waals surface area contributed by atoms with Crippen molar-refractivity contribution in [2.45, 2.75) is 51.2 Å². The number of nitrogens with one attached hydrogen (secondary N) is 1. The van der Waals surface area contributed by atoms with Crippen molar-refractivity contribution in [2.24, 2.45) is 0 Å². The average Bonchev–Trinajstić information content (AvgIpc) is 2.83. The summed E-state index contributed by atoms with van der Waals surface area (Å²) in [6.45, 7) is 1.91. The lowest BCUT2D eigenvalue weighted by atomic mass is 9.96. The van der Waals surface area contributed by atoms with Crippen LogP contribution in [0.25, 0.3) is 0 Å². The van der Waals surface area contributed by atoms with Gasteiger partial charge in [-0.15, -0.1) is 0 Å². The molecule has 1 aromatic rings. The summed E-state index contributed by atoms with van der Waals surface area (Å²) < 4.78 is 3.44. The van der Waals surface area contributed by atoms with Crippen molar-refractivity contribution in [1.82, 2.24) is 15.1 Å². The van der Waals surface area contributed by atoms with Gasteiger partial charge in [0.05, 0.1) is 11.7 Å². The zero-order valence-electron chi connectivity index (χ0n) is 8.80. The van der Waals surface area contributed by atoms with E-state index in [9.17, 15) is 0 Å². The molecule has 82 valence electrons. The third kappa shape index (κ3) is 1.64. The average molecular weight is 270 g/mol. The maximum absolute atomic E-state index is 4.72. The predicted octanol–water partition coefficient (Wildman–Crippen LogP) is 2.75. The van der Waals surface area contributed by atoms with E-state index in [0.717, 1.165) is 13.1 Å². The summed E-state index contributed by atoms with van der Waals surface area (Å²) >= 11 is 3.70. The van der Waals surface area contributed by atoms with Crippen LogP contribution in [0.2, 0.25) is 0 Å². The second-order valence-electron chi connectivity index (χ2n) is 4.56. The Bertz CT molecular complexity index is 366. The lowest BCUT2D eigenvalue weighted by Gasteiger charge is -2.23. The number of halogens is 1. The summed E-state index contributed by atoms with van der Waals surface area (Å²) in [6.07, 6.45) is 6.72. The highest BCUT2D eigenvalue weighted by atomic mass is 79.9. The summed E-state index contributed by atoms with van der Waals surface area (Å²) in [5.74, 6) is 0. The van der Waals surface area contributed by atoms with E-state index in [1.165, 1.54) is 48.0 Å². The lowest BCUT2D eigenvalue weighted by molar-refractivity contribution is 0.322. The number of hydrogen-bond donors (Lipinski definition) is 1.